The van der Waals surface area contributed by atoms with Crippen molar-refractivity contribution in [2.24, 2.45) is 0 Å². The first kappa shape index (κ1) is 40.1. The van der Waals surface area contributed by atoms with Gasteiger partial charge in [0.25, 0.3) is 0 Å². The van der Waals surface area contributed by atoms with E-state index in [1.54, 1.807) is 6.08 Å². The molecule has 0 aromatic rings. The Morgan fingerprint density at radius 1 is 0.595 bits per heavy atom. The van der Waals surface area contributed by atoms with Gasteiger partial charge >= 0.3 is 0 Å². The zero-order chi connectivity index (χ0) is 30.8. The van der Waals surface area contributed by atoms with Crippen molar-refractivity contribution in [1.82, 2.24) is 5.32 Å². The fourth-order valence-electron chi connectivity index (χ4n) is 4.79. The van der Waals surface area contributed by atoms with Crippen molar-refractivity contribution in [2.75, 3.05) is 6.61 Å². The van der Waals surface area contributed by atoms with Gasteiger partial charge in [0.1, 0.15) is 0 Å². The van der Waals surface area contributed by atoms with E-state index in [-0.39, 0.29) is 12.5 Å². The van der Waals surface area contributed by atoms with E-state index in [0.29, 0.717) is 6.42 Å². The number of nitrogens with one attached hydrogen (secondary N) is 1. The van der Waals surface area contributed by atoms with E-state index in [9.17, 15) is 15.0 Å². The number of rotatable bonds is 30. The molecule has 42 heavy (non-hydrogen) atoms. The van der Waals surface area contributed by atoms with E-state index < -0.39 is 12.1 Å². The highest BCUT2D eigenvalue weighted by atomic mass is 16.3. The van der Waals surface area contributed by atoms with Gasteiger partial charge in [-0.15, -0.1) is 0 Å². The number of aliphatic hydroxyl groups is 2. The second kappa shape index (κ2) is 33.6. The van der Waals surface area contributed by atoms with Crippen molar-refractivity contribution in [2.45, 2.75) is 167 Å². The van der Waals surface area contributed by atoms with Crippen LogP contribution in [-0.2, 0) is 4.79 Å². The summed E-state index contributed by atoms with van der Waals surface area (Å²) in [5.74, 6) is -0.107. The highest BCUT2D eigenvalue weighted by Crippen LogP contribution is 2.12. The predicted octanol–water partition coefficient (Wildman–Crippen LogP) is 10.2. The lowest BCUT2D eigenvalue weighted by Gasteiger charge is -2.19. The molecule has 4 nitrogen and oxygen atoms in total. The van der Waals surface area contributed by atoms with Crippen molar-refractivity contribution < 1.29 is 15.0 Å². The molecule has 0 saturated heterocycles. The molecule has 0 aliphatic rings. The Hall–Kier alpha value is -1.91. The van der Waals surface area contributed by atoms with Crippen molar-refractivity contribution >= 4 is 5.91 Å². The minimum Gasteiger partial charge on any atom is -0.394 e. The molecule has 0 aromatic heterocycles. The Bertz CT molecular complexity index is 722. The molecule has 1 amide bonds. The van der Waals surface area contributed by atoms with Crippen molar-refractivity contribution in [1.29, 1.82) is 0 Å². The number of amides is 1. The molecule has 0 saturated carbocycles. The van der Waals surface area contributed by atoms with Crippen LogP contribution in [0.25, 0.3) is 0 Å². The average molecular weight is 586 g/mol. The molecule has 3 N–H and O–H groups in total. The Labute approximate surface area is 260 Å². The third kappa shape index (κ3) is 29.6. The van der Waals surface area contributed by atoms with E-state index in [4.69, 9.17) is 0 Å². The highest BCUT2D eigenvalue weighted by Gasteiger charge is 2.17. The molecular weight excluding hydrogens is 518 g/mol. The third-order valence-electron chi connectivity index (χ3n) is 7.48. The van der Waals surface area contributed by atoms with Crippen LogP contribution < -0.4 is 5.32 Å². The van der Waals surface area contributed by atoms with Gasteiger partial charge in [0.15, 0.2) is 0 Å². The van der Waals surface area contributed by atoms with E-state index >= 15 is 0 Å². The maximum absolute atomic E-state index is 12.3. The van der Waals surface area contributed by atoms with Gasteiger partial charge in [-0.3, -0.25) is 4.79 Å². The summed E-state index contributed by atoms with van der Waals surface area (Å²) in [5, 5.41) is 22.8. The van der Waals surface area contributed by atoms with Gasteiger partial charge in [0.2, 0.25) is 5.91 Å². The van der Waals surface area contributed by atoms with Gasteiger partial charge in [-0.25, -0.2) is 0 Å². The second-order valence-electron chi connectivity index (χ2n) is 11.5. The maximum atomic E-state index is 12.3. The summed E-state index contributed by atoms with van der Waals surface area (Å²) in [7, 11) is 0. The van der Waals surface area contributed by atoms with Gasteiger partial charge in [0.05, 0.1) is 18.8 Å². The number of hydrogen-bond donors (Lipinski definition) is 3. The molecule has 0 radical (unpaired) electrons. The van der Waals surface area contributed by atoms with Crippen molar-refractivity contribution in [3.63, 3.8) is 0 Å². The number of carbonyl (C=O) groups is 1. The van der Waals surface area contributed by atoms with Crippen LogP contribution in [0.4, 0.5) is 0 Å². The van der Waals surface area contributed by atoms with E-state index in [0.717, 1.165) is 64.2 Å². The molecule has 0 fully saturated rings. The van der Waals surface area contributed by atoms with Gasteiger partial charge in [0, 0.05) is 6.42 Å². The number of hydrogen-bond acceptors (Lipinski definition) is 3. The van der Waals surface area contributed by atoms with Crippen LogP contribution in [0, 0.1) is 0 Å². The highest BCUT2D eigenvalue weighted by molar-refractivity contribution is 5.76. The van der Waals surface area contributed by atoms with Gasteiger partial charge in [-0.05, 0) is 64.2 Å². The van der Waals surface area contributed by atoms with Crippen LogP contribution in [0.2, 0.25) is 0 Å². The lowest BCUT2D eigenvalue weighted by molar-refractivity contribution is -0.123. The Morgan fingerprint density at radius 3 is 1.67 bits per heavy atom. The minimum atomic E-state index is -0.874. The van der Waals surface area contributed by atoms with E-state index in [1.165, 1.54) is 70.6 Å². The normalized spacial score (nSPS) is 13.9. The van der Waals surface area contributed by atoms with Crippen LogP contribution in [-0.4, -0.2) is 34.9 Å². The minimum absolute atomic E-state index is 0.107. The smallest absolute Gasteiger partial charge is 0.220 e. The number of allylic oxidation sites excluding steroid dienone is 9. The molecule has 0 spiro atoms. The fraction of sp³-hybridized carbons (Fsp3) is 0.711. The zero-order valence-electron chi connectivity index (χ0n) is 27.5. The lowest BCUT2D eigenvalue weighted by Crippen LogP contribution is -2.45. The molecular formula is C38H67NO3. The number of unbranched alkanes of at least 4 members (excludes halogenated alkanes) is 15. The van der Waals surface area contributed by atoms with Crippen LogP contribution in [0.5, 0.6) is 0 Å². The fourth-order valence-corrected chi connectivity index (χ4v) is 4.79. The average Bonchev–Trinajstić information content (AvgIpc) is 2.99. The van der Waals surface area contributed by atoms with Crippen molar-refractivity contribution in [3.05, 3.63) is 60.8 Å². The van der Waals surface area contributed by atoms with Crippen LogP contribution >= 0.6 is 0 Å². The number of carbonyl (C=O) groups excluding carboxylic acids is 1. The van der Waals surface area contributed by atoms with Crippen molar-refractivity contribution in [3.8, 4) is 0 Å². The summed E-state index contributed by atoms with van der Waals surface area (Å²) in [4.78, 5) is 12.3. The summed E-state index contributed by atoms with van der Waals surface area (Å²) < 4.78 is 0. The molecule has 0 heterocycles. The number of aliphatic hydroxyl groups excluding tert-OH is 2. The Morgan fingerprint density at radius 2 is 1.07 bits per heavy atom. The molecule has 2 unspecified atom stereocenters. The van der Waals surface area contributed by atoms with Crippen LogP contribution in [0.15, 0.2) is 60.8 Å². The summed E-state index contributed by atoms with van der Waals surface area (Å²) >= 11 is 0. The van der Waals surface area contributed by atoms with Crippen LogP contribution in [0.3, 0.4) is 0 Å². The summed E-state index contributed by atoms with van der Waals surface area (Å²) in [6.45, 7) is 4.14. The standard InChI is InChI=1S/C38H67NO3/c1-3-5-7-9-11-13-15-17-18-19-20-22-23-25-27-29-31-33-37(41)36(35-40)39-38(42)34-32-30-28-26-24-21-16-14-12-10-8-6-4-2/h6,8,12,14,21,23-25,31,33,36-37,40-41H,3-5,7,9-11,13,15-20,22,26-30,32,34-35H2,1-2H3,(H,39,42)/b8-6-,14-12-,24-21-,25-23+,33-31+. The molecule has 4 heteroatoms. The topological polar surface area (TPSA) is 69.6 Å². The largest absolute Gasteiger partial charge is 0.394 e. The summed E-state index contributed by atoms with van der Waals surface area (Å²) in [6.07, 6.45) is 45.9. The lowest BCUT2D eigenvalue weighted by atomic mass is 10.1. The predicted molar refractivity (Wildman–Crippen MR) is 184 cm³/mol. The van der Waals surface area contributed by atoms with Gasteiger partial charge in [-0.2, -0.15) is 0 Å². The van der Waals surface area contributed by atoms with E-state index in [1.807, 2.05) is 6.08 Å². The Balaban J connectivity index is 3.76. The molecule has 0 rings (SSSR count). The van der Waals surface area contributed by atoms with Gasteiger partial charge in [-0.1, -0.05) is 145 Å². The molecule has 2 atom stereocenters. The first-order valence-corrected chi connectivity index (χ1v) is 17.5. The molecule has 0 aliphatic carbocycles. The zero-order valence-corrected chi connectivity index (χ0v) is 27.5. The van der Waals surface area contributed by atoms with Gasteiger partial charge < -0.3 is 15.5 Å². The molecule has 242 valence electrons. The van der Waals surface area contributed by atoms with E-state index in [2.05, 4.69) is 67.8 Å². The SMILES string of the molecule is CC/C=C\C/C=C\C/C=C\CCCCCC(=O)NC(CO)C(O)/C=C/CC/C=C/CCCCCCCCCCCCC. The Kier molecular flexibility index (Phi) is 32.1. The second-order valence-corrected chi connectivity index (χ2v) is 11.5. The summed E-state index contributed by atoms with van der Waals surface area (Å²) in [6, 6.07) is -0.654. The molecule has 0 bridgehead atoms. The molecule has 0 aliphatic heterocycles. The first-order chi connectivity index (χ1) is 20.7. The third-order valence-corrected chi connectivity index (χ3v) is 7.48. The molecule has 0 aromatic carbocycles. The summed E-state index contributed by atoms with van der Waals surface area (Å²) in [5.41, 5.74) is 0. The van der Waals surface area contributed by atoms with Crippen LogP contribution in [0.1, 0.15) is 155 Å². The maximum Gasteiger partial charge on any atom is 0.220 e. The quantitative estimate of drug-likeness (QED) is 0.0580. The first-order valence-electron chi connectivity index (χ1n) is 17.5. The monoisotopic (exact) mass is 586 g/mol.